The number of nitrogens with zero attached hydrogens (tertiary/aromatic N) is 4. The molecule has 3 rings (SSSR count). The van der Waals surface area contributed by atoms with Gasteiger partial charge in [-0.25, -0.2) is 0 Å². The second-order valence-corrected chi connectivity index (χ2v) is 10.5. The number of para-hydroxylation sites is 2. The first-order valence-electron chi connectivity index (χ1n) is 10.0. The summed E-state index contributed by atoms with van der Waals surface area (Å²) in [6, 6.07) is 15.6. The minimum Gasteiger partial charge on any atom is -0.258 e. The molecule has 0 spiro atoms. The van der Waals surface area contributed by atoms with Gasteiger partial charge in [-0.1, -0.05) is 48.5 Å². The highest BCUT2D eigenvalue weighted by atomic mass is 32.2. The quantitative estimate of drug-likeness (QED) is 0.239. The highest BCUT2D eigenvalue weighted by molar-refractivity contribution is 7.90. The molecule has 14 heteroatoms. The normalized spacial score (nSPS) is 12.8. The maximum Gasteiger partial charge on any atom is 0.289 e. The third kappa shape index (κ3) is 5.67. The van der Waals surface area contributed by atoms with E-state index in [4.69, 9.17) is 0 Å². The van der Waals surface area contributed by atoms with Crippen molar-refractivity contribution >= 4 is 42.8 Å². The lowest BCUT2D eigenvalue weighted by Gasteiger charge is -2.06. The first-order valence-corrected chi connectivity index (χ1v) is 12.9. The van der Waals surface area contributed by atoms with Crippen molar-refractivity contribution in [2.24, 2.45) is 8.80 Å². The molecule has 0 aliphatic rings. The van der Waals surface area contributed by atoms with Gasteiger partial charge in [-0.2, -0.15) is 25.6 Å². The van der Waals surface area contributed by atoms with Crippen molar-refractivity contribution in [2.45, 2.75) is 23.6 Å². The number of nitro benzene ring substituents is 2. The molecule has 3 aromatic carbocycles. The number of benzene rings is 3. The van der Waals surface area contributed by atoms with Crippen LogP contribution in [0, 0.1) is 20.2 Å². The molecular weight excluding hydrogens is 512 g/mol. The molecule has 0 atom stereocenters. The Morgan fingerprint density at radius 3 is 1.22 bits per heavy atom. The molecular formula is C22H18N4O8S2. The van der Waals surface area contributed by atoms with Gasteiger partial charge in [0.15, 0.2) is 9.79 Å². The van der Waals surface area contributed by atoms with Gasteiger partial charge in [0.25, 0.3) is 31.4 Å². The molecule has 0 aromatic heterocycles. The van der Waals surface area contributed by atoms with Gasteiger partial charge in [-0.15, -0.1) is 0 Å². The van der Waals surface area contributed by atoms with Gasteiger partial charge in [0.05, 0.1) is 21.3 Å². The van der Waals surface area contributed by atoms with Crippen LogP contribution >= 0.6 is 0 Å². The molecule has 0 N–H and O–H groups in total. The van der Waals surface area contributed by atoms with Crippen molar-refractivity contribution in [3.63, 3.8) is 0 Å². The van der Waals surface area contributed by atoms with Crippen LogP contribution in [0.2, 0.25) is 0 Å². The Morgan fingerprint density at radius 1 is 0.611 bits per heavy atom. The zero-order chi connectivity index (χ0) is 26.7. The Balaban J connectivity index is 1.92. The van der Waals surface area contributed by atoms with Crippen molar-refractivity contribution in [1.82, 2.24) is 0 Å². The minimum absolute atomic E-state index is 0.0434. The largest absolute Gasteiger partial charge is 0.289 e. The third-order valence-electron chi connectivity index (χ3n) is 4.91. The maximum atomic E-state index is 12.7. The molecule has 0 bridgehead atoms. The zero-order valence-corrected chi connectivity index (χ0v) is 20.4. The topological polar surface area (TPSA) is 179 Å². The van der Waals surface area contributed by atoms with Crippen LogP contribution in [0.1, 0.15) is 25.0 Å². The minimum atomic E-state index is -4.39. The summed E-state index contributed by atoms with van der Waals surface area (Å²) in [6.45, 7) is 2.81. The van der Waals surface area contributed by atoms with Crippen molar-refractivity contribution in [1.29, 1.82) is 0 Å². The average Bonchev–Trinajstić information content (AvgIpc) is 2.83. The fourth-order valence-corrected chi connectivity index (χ4v) is 5.61. The fraction of sp³-hybridized carbons (Fsp3) is 0.0909. The predicted octanol–water partition coefficient (Wildman–Crippen LogP) is 3.90. The van der Waals surface area contributed by atoms with E-state index in [1.165, 1.54) is 62.4 Å². The van der Waals surface area contributed by atoms with Gasteiger partial charge >= 0.3 is 0 Å². The van der Waals surface area contributed by atoms with E-state index in [1.807, 2.05) is 0 Å². The lowest BCUT2D eigenvalue weighted by Crippen LogP contribution is -2.07. The van der Waals surface area contributed by atoms with Gasteiger partial charge in [0, 0.05) is 12.1 Å². The molecule has 3 aromatic rings. The van der Waals surface area contributed by atoms with Crippen molar-refractivity contribution in [3.8, 4) is 0 Å². The lowest BCUT2D eigenvalue weighted by atomic mass is 10.1. The first-order chi connectivity index (χ1) is 16.8. The number of hydrogen-bond acceptors (Lipinski definition) is 8. The molecule has 0 saturated carbocycles. The van der Waals surface area contributed by atoms with E-state index in [0.29, 0.717) is 11.1 Å². The van der Waals surface area contributed by atoms with Gasteiger partial charge < -0.3 is 0 Å². The summed E-state index contributed by atoms with van der Waals surface area (Å²) in [5.74, 6) is 0. The van der Waals surface area contributed by atoms with E-state index in [2.05, 4.69) is 8.80 Å². The zero-order valence-electron chi connectivity index (χ0n) is 18.8. The van der Waals surface area contributed by atoms with Crippen LogP contribution in [-0.2, 0) is 20.0 Å². The van der Waals surface area contributed by atoms with Crippen LogP contribution in [0.25, 0.3) is 0 Å². The molecule has 36 heavy (non-hydrogen) atoms. The van der Waals surface area contributed by atoms with Gasteiger partial charge in [-0.3, -0.25) is 20.2 Å². The summed E-state index contributed by atoms with van der Waals surface area (Å²) in [7, 11) is -8.77. The number of nitro groups is 2. The highest BCUT2D eigenvalue weighted by Gasteiger charge is 2.26. The standard InChI is InChI=1S/C22H18N4O8S2/c1-15(23-35(31,32)21-9-5-3-7-19(21)25(27)28)17-11-13-18(14-12-17)16(2)24-36(33,34)22-10-6-4-8-20(22)26(29)30/h3-14H,1-2H3/b23-15+,24-16+. The number of hydrogen-bond donors (Lipinski definition) is 0. The Kier molecular flexibility index (Phi) is 7.40. The van der Waals surface area contributed by atoms with Crippen LogP contribution in [0.15, 0.2) is 91.4 Å². The molecule has 0 aliphatic carbocycles. The SMILES string of the molecule is C/C(=N\S(=O)(=O)c1ccccc1[N+](=O)[O-])c1ccc(/C(C)=N/S(=O)(=O)c2ccccc2[N+](=O)[O-])cc1. The van der Waals surface area contributed by atoms with E-state index >= 15 is 0 Å². The summed E-state index contributed by atoms with van der Waals surface area (Å²) in [5, 5.41) is 22.3. The van der Waals surface area contributed by atoms with Crippen molar-refractivity contribution < 1.29 is 26.7 Å². The first kappa shape index (κ1) is 26.3. The van der Waals surface area contributed by atoms with E-state index in [0.717, 1.165) is 24.3 Å². The molecule has 0 radical (unpaired) electrons. The Morgan fingerprint density at radius 2 is 0.917 bits per heavy atom. The average molecular weight is 531 g/mol. The summed E-state index contributed by atoms with van der Waals surface area (Å²) in [6.07, 6.45) is 0. The van der Waals surface area contributed by atoms with Crippen LogP contribution < -0.4 is 0 Å². The van der Waals surface area contributed by atoms with E-state index < -0.39 is 51.1 Å². The highest BCUT2D eigenvalue weighted by Crippen LogP contribution is 2.26. The monoisotopic (exact) mass is 530 g/mol. The summed E-state index contributed by atoms with van der Waals surface area (Å²) >= 11 is 0. The maximum absolute atomic E-state index is 12.7. The Hall–Kier alpha value is -4.30. The molecule has 0 unspecified atom stereocenters. The second kappa shape index (κ2) is 10.1. The smallest absolute Gasteiger partial charge is 0.258 e. The van der Waals surface area contributed by atoms with Gasteiger partial charge in [-0.05, 0) is 37.1 Å². The van der Waals surface area contributed by atoms with Gasteiger partial charge in [0.2, 0.25) is 0 Å². The third-order valence-corrected chi connectivity index (χ3v) is 7.74. The summed E-state index contributed by atoms with van der Waals surface area (Å²) < 4.78 is 58.0. The molecule has 0 saturated heterocycles. The molecule has 186 valence electrons. The van der Waals surface area contributed by atoms with Gasteiger partial charge in [0.1, 0.15) is 0 Å². The number of rotatable bonds is 8. The van der Waals surface area contributed by atoms with Crippen LogP contribution in [0.5, 0.6) is 0 Å². The second-order valence-electron chi connectivity index (χ2n) is 7.33. The van der Waals surface area contributed by atoms with Crippen molar-refractivity contribution in [3.05, 3.63) is 104 Å². The Bertz CT molecular complexity index is 1510. The van der Waals surface area contributed by atoms with Crippen LogP contribution in [-0.4, -0.2) is 38.1 Å². The van der Waals surface area contributed by atoms with Crippen molar-refractivity contribution in [2.75, 3.05) is 0 Å². The molecule has 0 heterocycles. The van der Waals surface area contributed by atoms with Crippen LogP contribution in [0.4, 0.5) is 11.4 Å². The summed E-state index contributed by atoms with van der Waals surface area (Å²) in [4.78, 5) is 19.6. The lowest BCUT2D eigenvalue weighted by molar-refractivity contribution is -0.388. The van der Waals surface area contributed by atoms with E-state index in [9.17, 15) is 37.1 Å². The molecule has 0 amide bonds. The van der Waals surface area contributed by atoms with E-state index in [1.54, 1.807) is 0 Å². The molecule has 0 fully saturated rings. The molecule has 12 nitrogen and oxygen atoms in total. The van der Waals surface area contributed by atoms with Crippen LogP contribution in [0.3, 0.4) is 0 Å². The molecule has 0 aliphatic heterocycles. The summed E-state index contributed by atoms with van der Waals surface area (Å²) in [5.41, 5.74) is -0.402. The van der Waals surface area contributed by atoms with E-state index in [-0.39, 0.29) is 11.4 Å². The Labute approximate surface area is 206 Å². The predicted molar refractivity (Wildman–Crippen MR) is 131 cm³/mol. The number of sulfonamides is 2. The fourth-order valence-electron chi connectivity index (χ4n) is 3.17.